The zero-order valence-electron chi connectivity index (χ0n) is 11.5. The Morgan fingerprint density at radius 3 is 2.39 bits per heavy atom. The van der Waals surface area contributed by atoms with Gasteiger partial charge in [0.15, 0.2) is 0 Å². The molecule has 1 aliphatic carbocycles. The van der Waals surface area contributed by atoms with Crippen molar-refractivity contribution in [1.82, 2.24) is 0 Å². The second kappa shape index (κ2) is 5.61. The summed E-state index contributed by atoms with van der Waals surface area (Å²) in [5, 5.41) is 0. The predicted molar refractivity (Wildman–Crippen MR) is 73.5 cm³/mol. The van der Waals surface area contributed by atoms with Crippen molar-refractivity contribution in [2.75, 3.05) is 14.2 Å². The summed E-state index contributed by atoms with van der Waals surface area (Å²) in [5.74, 6) is 2.58. The lowest BCUT2D eigenvalue weighted by Gasteiger charge is -2.16. The molecule has 0 saturated heterocycles. The Morgan fingerprint density at radius 2 is 1.89 bits per heavy atom. The van der Waals surface area contributed by atoms with Gasteiger partial charge in [-0.05, 0) is 49.3 Å². The Balaban J connectivity index is 2.32. The lowest BCUT2D eigenvalue weighted by atomic mass is 9.99. The third kappa shape index (κ3) is 2.78. The molecule has 0 heterocycles. The van der Waals surface area contributed by atoms with Gasteiger partial charge in [-0.3, -0.25) is 0 Å². The number of hydrogen-bond acceptors (Lipinski definition) is 3. The van der Waals surface area contributed by atoms with E-state index < -0.39 is 0 Å². The van der Waals surface area contributed by atoms with E-state index in [2.05, 4.69) is 19.1 Å². The zero-order chi connectivity index (χ0) is 13.1. The first-order valence-electron chi connectivity index (χ1n) is 6.70. The lowest BCUT2D eigenvalue weighted by Crippen LogP contribution is -2.21. The maximum Gasteiger partial charge on any atom is 0.122 e. The molecular formula is C15H23NO2. The van der Waals surface area contributed by atoms with Crippen LogP contribution >= 0.6 is 0 Å². The number of ether oxygens (including phenoxy) is 2. The Kier molecular flexibility index (Phi) is 4.12. The van der Waals surface area contributed by atoms with Crippen LogP contribution in [0.1, 0.15) is 43.2 Å². The van der Waals surface area contributed by atoms with E-state index in [1.807, 2.05) is 0 Å². The summed E-state index contributed by atoms with van der Waals surface area (Å²) >= 11 is 0. The van der Waals surface area contributed by atoms with Gasteiger partial charge in [0.1, 0.15) is 11.5 Å². The molecule has 2 N–H and O–H groups in total. The van der Waals surface area contributed by atoms with Crippen molar-refractivity contribution in [2.24, 2.45) is 5.73 Å². The number of rotatable bonds is 6. The van der Waals surface area contributed by atoms with Gasteiger partial charge < -0.3 is 15.2 Å². The van der Waals surface area contributed by atoms with E-state index in [4.69, 9.17) is 15.2 Å². The summed E-state index contributed by atoms with van der Waals surface area (Å²) in [5.41, 5.74) is 8.46. The average Bonchev–Trinajstić information content (AvgIpc) is 3.22. The first-order valence-corrected chi connectivity index (χ1v) is 6.70. The Bertz CT molecular complexity index is 413. The topological polar surface area (TPSA) is 44.5 Å². The molecule has 1 aromatic carbocycles. The number of benzene rings is 1. The van der Waals surface area contributed by atoms with Gasteiger partial charge in [0.2, 0.25) is 0 Å². The lowest BCUT2D eigenvalue weighted by molar-refractivity contribution is 0.393. The minimum absolute atomic E-state index is 0.176. The van der Waals surface area contributed by atoms with Crippen LogP contribution in [0.25, 0.3) is 0 Å². The van der Waals surface area contributed by atoms with Crippen molar-refractivity contribution in [1.29, 1.82) is 0 Å². The Hall–Kier alpha value is -1.22. The molecule has 1 unspecified atom stereocenters. The third-order valence-electron chi connectivity index (χ3n) is 3.66. The van der Waals surface area contributed by atoms with Gasteiger partial charge in [0, 0.05) is 11.6 Å². The fourth-order valence-corrected chi connectivity index (χ4v) is 2.28. The molecule has 1 fully saturated rings. The maximum absolute atomic E-state index is 6.03. The minimum atomic E-state index is 0.176. The molecule has 0 aliphatic heterocycles. The number of nitrogens with two attached hydrogens (primary N) is 1. The van der Waals surface area contributed by atoms with E-state index in [1.165, 1.54) is 18.4 Å². The molecule has 0 amide bonds. The molecule has 0 spiro atoms. The van der Waals surface area contributed by atoms with Gasteiger partial charge in [-0.15, -0.1) is 0 Å². The molecule has 1 atom stereocenters. The first-order chi connectivity index (χ1) is 8.69. The van der Waals surface area contributed by atoms with Crippen molar-refractivity contribution >= 4 is 0 Å². The normalized spacial score (nSPS) is 16.4. The molecule has 0 bridgehead atoms. The molecule has 1 saturated carbocycles. The second-order valence-corrected chi connectivity index (χ2v) is 5.05. The molecule has 0 radical (unpaired) electrons. The molecule has 0 aromatic heterocycles. The zero-order valence-corrected chi connectivity index (χ0v) is 11.5. The van der Waals surface area contributed by atoms with Crippen molar-refractivity contribution in [3.8, 4) is 11.5 Å². The summed E-state index contributed by atoms with van der Waals surface area (Å²) in [6.45, 7) is 2.10. The van der Waals surface area contributed by atoms with E-state index in [0.29, 0.717) is 5.92 Å². The van der Waals surface area contributed by atoms with Crippen molar-refractivity contribution in [3.05, 3.63) is 23.3 Å². The predicted octanol–water partition coefficient (Wildman–Crippen LogP) is 2.86. The van der Waals surface area contributed by atoms with Crippen LogP contribution in [-0.4, -0.2) is 20.3 Å². The summed E-state index contributed by atoms with van der Waals surface area (Å²) in [6.07, 6.45) is 4.32. The number of methoxy groups -OCH3 is 2. The van der Waals surface area contributed by atoms with Crippen molar-refractivity contribution < 1.29 is 9.47 Å². The molecule has 3 nitrogen and oxygen atoms in total. The summed E-state index contributed by atoms with van der Waals surface area (Å²) in [7, 11) is 3.46. The summed E-state index contributed by atoms with van der Waals surface area (Å²) in [4.78, 5) is 0. The highest BCUT2D eigenvalue weighted by Gasteiger charge is 2.28. The smallest absolute Gasteiger partial charge is 0.122 e. The Morgan fingerprint density at radius 1 is 1.22 bits per heavy atom. The van der Waals surface area contributed by atoms with Crippen LogP contribution in [0.3, 0.4) is 0 Å². The van der Waals surface area contributed by atoms with E-state index in [9.17, 15) is 0 Å². The average molecular weight is 249 g/mol. The monoisotopic (exact) mass is 249 g/mol. The SMILES string of the molecule is CCC(N)Cc1cc(OC)c(C2CC2)cc1OC. The third-order valence-corrected chi connectivity index (χ3v) is 3.66. The highest BCUT2D eigenvalue weighted by molar-refractivity contribution is 5.49. The molecular weight excluding hydrogens is 226 g/mol. The fourth-order valence-electron chi connectivity index (χ4n) is 2.28. The molecule has 1 aromatic rings. The molecule has 100 valence electrons. The maximum atomic E-state index is 6.03. The van der Waals surface area contributed by atoms with Crippen molar-refractivity contribution in [3.63, 3.8) is 0 Å². The summed E-state index contributed by atoms with van der Waals surface area (Å²) < 4.78 is 11.0. The highest BCUT2D eigenvalue weighted by atomic mass is 16.5. The van der Waals surface area contributed by atoms with Gasteiger partial charge in [-0.25, -0.2) is 0 Å². The highest BCUT2D eigenvalue weighted by Crippen LogP contribution is 2.46. The first kappa shape index (κ1) is 13.2. The van der Waals surface area contributed by atoms with Crippen LogP contribution in [0.5, 0.6) is 11.5 Å². The van der Waals surface area contributed by atoms with Gasteiger partial charge in [-0.1, -0.05) is 6.92 Å². The van der Waals surface area contributed by atoms with Crippen LogP contribution in [0, 0.1) is 0 Å². The van der Waals surface area contributed by atoms with Crippen LogP contribution in [0.4, 0.5) is 0 Å². The van der Waals surface area contributed by atoms with Crippen LogP contribution in [0.2, 0.25) is 0 Å². The molecule has 2 rings (SSSR count). The quantitative estimate of drug-likeness (QED) is 0.843. The molecule has 1 aliphatic rings. The minimum Gasteiger partial charge on any atom is -0.496 e. The largest absolute Gasteiger partial charge is 0.496 e. The van der Waals surface area contributed by atoms with E-state index in [1.54, 1.807) is 14.2 Å². The van der Waals surface area contributed by atoms with Crippen LogP contribution < -0.4 is 15.2 Å². The molecule has 18 heavy (non-hydrogen) atoms. The van der Waals surface area contributed by atoms with Crippen LogP contribution in [0.15, 0.2) is 12.1 Å². The van der Waals surface area contributed by atoms with Crippen molar-refractivity contribution in [2.45, 2.75) is 44.6 Å². The second-order valence-electron chi connectivity index (χ2n) is 5.05. The van der Waals surface area contributed by atoms with E-state index in [-0.39, 0.29) is 6.04 Å². The van der Waals surface area contributed by atoms with Gasteiger partial charge in [0.05, 0.1) is 14.2 Å². The fraction of sp³-hybridized carbons (Fsp3) is 0.600. The van der Waals surface area contributed by atoms with Gasteiger partial charge in [-0.2, -0.15) is 0 Å². The van der Waals surface area contributed by atoms with E-state index >= 15 is 0 Å². The number of hydrogen-bond donors (Lipinski definition) is 1. The van der Waals surface area contributed by atoms with Crippen LogP contribution in [-0.2, 0) is 6.42 Å². The molecule has 3 heteroatoms. The van der Waals surface area contributed by atoms with E-state index in [0.717, 1.165) is 29.9 Å². The standard InChI is InChI=1S/C15H23NO2/c1-4-12(16)7-11-8-15(18-3)13(10-5-6-10)9-14(11)17-2/h8-10,12H,4-7,16H2,1-3H3. The van der Waals surface area contributed by atoms with Gasteiger partial charge in [0.25, 0.3) is 0 Å². The van der Waals surface area contributed by atoms with Gasteiger partial charge >= 0.3 is 0 Å². The summed E-state index contributed by atoms with van der Waals surface area (Å²) in [6, 6.07) is 4.41. The Labute approximate surface area is 109 Å².